The van der Waals surface area contributed by atoms with Crippen LogP contribution in [-0.4, -0.2) is 73.3 Å². The molecule has 1 unspecified atom stereocenters. The Morgan fingerprint density at radius 1 is 1.45 bits per heavy atom. The topological polar surface area (TPSA) is 71.1 Å². The van der Waals surface area contributed by atoms with Crippen molar-refractivity contribution in [3.8, 4) is 0 Å². The number of fused-ring (bicyclic) bond motifs is 2. The van der Waals surface area contributed by atoms with E-state index in [9.17, 15) is 21.6 Å². The van der Waals surface area contributed by atoms with Crippen LogP contribution in [0.4, 0.5) is 13.2 Å². The van der Waals surface area contributed by atoms with Crippen LogP contribution in [0.15, 0.2) is 0 Å². The molecule has 2 aliphatic heterocycles. The summed E-state index contributed by atoms with van der Waals surface area (Å²) in [6.07, 6.45) is -3.51. The normalized spacial score (nSPS) is 39.2. The fraction of sp³-hybridized carbons (Fsp3) is 1.00. The van der Waals surface area contributed by atoms with E-state index >= 15 is 0 Å². The van der Waals surface area contributed by atoms with Crippen molar-refractivity contribution in [3.63, 3.8) is 0 Å². The van der Waals surface area contributed by atoms with E-state index in [2.05, 4.69) is 4.18 Å². The first kappa shape index (κ1) is 16.7. The molecule has 0 aromatic rings. The number of hydrogen-bond acceptors (Lipinski definition) is 6. The van der Waals surface area contributed by atoms with Gasteiger partial charge in [-0.2, -0.15) is 0 Å². The van der Waals surface area contributed by atoms with Crippen LogP contribution in [0.2, 0.25) is 0 Å². The standard InChI is InChI=1S/C9H13F3O6STe/c1-4-6-7(17-19(13,14)9(10,11)12)8(16-4,3-15-6)5(2)18-20/h4-7,20H,3H2,1-2H3/t4-,5?,6-,7-,8-/m0/s1. The molecule has 2 rings (SSSR count). The van der Waals surface area contributed by atoms with E-state index in [4.69, 9.17) is 12.6 Å². The SMILES string of the molecule is CC(O[TeH])[C@]12CO[C@@H]([C@H](C)O1)[C@@H]2OS(=O)(=O)C(F)(F)F. The van der Waals surface area contributed by atoms with Gasteiger partial charge in [0.1, 0.15) is 0 Å². The maximum absolute atomic E-state index is 12.4. The molecule has 2 saturated heterocycles. The van der Waals surface area contributed by atoms with Crippen molar-refractivity contribution in [2.45, 2.75) is 49.4 Å². The number of rotatable bonds is 4. The van der Waals surface area contributed by atoms with Gasteiger partial charge in [0.25, 0.3) is 0 Å². The fourth-order valence-electron chi connectivity index (χ4n) is 2.43. The fourth-order valence-corrected chi connectivity index (χ4v) is 3.59. The first-order valence-corrected chi connectivity index (χ1v) is 8.09. The average Bonchev–Trinajstić information content (AvgIpc) is 2.78. The predicted octanol–water partition coefficient (Wildman–Crippen LogP) is -0.00160. The van der Waals surface area contributed by atoms with Crippen molar-refractivity contribution >= 4 is 32.8 Å². The summed E-state index contributed by atoms with van der Waals surface area (Å²) in [7, 11) is -5.72. The molecular weight excluding hydrogens is 421 g/mol. The van der Waals surface area contributed by atoms with Gasteiger partial charge in [0.05, 0.1) is 0 Å². The van der Waals surface area contributed by atoms with Crippen molar-refractivity contribution in [2.75, 3.05) is 6.61 Å². The molecule has 0 aliphatic carbocycles. The Balaban J connectivity index is 2.31. The van der Waals surface area contributed by atoms with E-state index in [0.29, 0.717) is 0 Å². The third-order valence-electron chi connectivity index (χ3n) is 3.51. The summed E-state index contributed by atoms with van der Waals surface area (Å²) in [5.41, 5.74) is -6.84. The van der Waals surface area contributed by atoms with Gasteiger partial charge in [-0.15, -0.1) is 0 Å². The van der Waals surface area contributed by atoms with E-state index < -0.39 is 45.6 Å². The summed E-state index contributed by atoms with van der Waals surface area (Å²) in [5.74, 6) is 0. The molecule has 0 saturated carbocycles. The zero-order chi connectivity index (χ0) is 15.3. The molecule has 118 valence electrons. The molecule has 0 aromatic heterocycles. The summed E-state index contributed by atoms with van der Waals surface area (Å²) >= 11 is 0.973. The monoisotopic (exact) mass is 436 g/mol. The molecule has 0 N–H and O–H groups in total. The first-order valence-electron chi connectivity index (χ1n) is 5.64. The Hall–Kier alpha value is 0.370. The molecule has 6 nitrogen and oxygen atoms in total. The van der Waals surface area contributed by atoms with Crippen LogP contribution in [-0.2, 0) is 26.9 Å². The second-order valence-electron chi connectivity index (χ2n) is 4.72. The van der Waals surface area contributed by atoms with Crippen molar-refractivity contribution in [3.05, 3.63) is 0 Å². The molecular formula is C9H13F3O6STe. The summed E-state index contributed by atoms with van der Waals surface area (Å²) in [6, 6.07) is 0. The Labute approximate surface area is 127 Å². The Bertz CT molecular complexity index is 483. The maximum atomic E-state index is 12.4. The van der Waals surface area contributed by atoms with Gasteiger partial charge in [-0.1, -0.05) is 0 Å². The van der Waals surface area contributed by atoms with Crippen LogP contribution in [0.25, 0.3) is 0 Å². The summed E-state index contributed by atoms with van der Waals surface area (Å²) in [4.78, 5) is 0. The third kappa shape index (κ3) is 2.47. The minimum absolute atomic E-state index is 0.0802. The van der Waals surface area contributed by atoms with Crippen LogP contribution < -0.4 is 0 Å². The van der Waals surface area contributed by atoms with Gasteiger partial charge in [0, 0.05) is 0 Å². The van der Waals surface area contributed by atoms with E-state index in [1.807, 2.05) is 0 Å². The number of ether oxygens (including phenoxy) is 2. The summed E-state index contributed by atoms with van der Waals surface area (Å²) < 4.78 is 80.1. The molecule has 0 aromatic carbocycles. The van der Waals surface area contributed by atoms with E-state index in [0.717, 1.165) is 22.7 Å². The average molecular weight is 434 g/mol. The van der Waals surface area contributed by atoms with Gasteiger partial charge in [0.15, 0.2) is 0 Å². The number of halogens is 3. The second-order valence-corrected chi connectivity index (χ2v) is 6.88. The quantitative estimate of drug-likeness (QED) is 0.353. The molecule has 2 fully saturated rings. The van der Waals surface area contributed by atoms with Gasteiger partial charge in [0.2, 0.25) is 0 Å². The van der Waals surface area contributed by atoms with Gasteiger partial charge in [-0.05, 0) is 0 Å². The Morgan fingerprint density at radius 3 is 2.50 bits per heavy atom. The first-order chi connectivity index (χ1) is 9.05. The predicted molar refractivity (Wildman–Crippen MR) is 60.6 cm³/mol. The van der Waals surface area contributed by atoms with E-state index in [1.54, 1.807) is 13.8 Å². The van der Waals surface area contributed by atoms with Crippen molar-refractivity contribution in [2.24, 2.45) is 0 Å². The van der Waals surface area contributed by atoms with Gasteiger partial charge < -0.3 is 0 Å². The van der Waals surface area contributed by atoms with Crippen molar-refractivity contribution in [1.82, 2.24) is 0 Å². The third-order valence-corrected chi connectivity index (χ3v) is 5.44. The van der Waals surface area contributed by atoms with Crippen LogP contribution in [0.5, 0.6) is 0 Å². The van der Waals surface area contributed by atoms with Crippen molar-refractivity contribution < 1.29 is 38.3 Å². The molecule has 5 atom stereocenters. The van der Waals surface area contributed by atoms with Gasteiger partial charge >= 0.3 is 127 Å². The van der Waals surface area contributed by atoms with Gasteiger partial charge in [-0.3, -0.25) is 0 Å². The number of hydrogen-bond donors (Lipinski definition) is 0. The summed E-state index contributed by atoms with van der Waals surface area (Å²) in [5, 5.41) is 0. The van der Waals surface area contributed by atoms with Gasteiger partial charge in [-0.25, -0.2) is 0 Å². The zero-order valence-corrected chi connectivity index (χ0v) is 13.8. The van der Waals surface area contributed by atoms with Crippen LogP contribution in [0.3, 0.4) is 0 Å². The molecule has 20 heavy (non-hydrogen) atoms. The van der Waals surface area contributed by atoms with Crippen LogP contribution in [0, 0.1) is 0 Å². The van der Waals surface area contributed by atoms with E-state index in [1.165, 1.54) is 0 Å². The molecule has 0 amide bonds. The van der Waals surface area contributed by atoms with E-state index in [-0.39, 0.29) is 6.61 Å². The number of alkyl halides is 3. The Morgan fingerprint density at radius 2 is 2.05 bits per heavy atom. The molecule has 0 spiro atoms. The molecule has 11 heteroatoms. The Kier molecular flexibility index (Phi) is 4.37. The van der Waals surface area contributed by atoms with Crippen molar-refractivity contribution in [1.29, 1.82) is 0 Å². The summed E-state index contributed by atoms with van der Waals surface area (Å²) in [6.45, 7) is 3.07. The second kappa shape index (κ2) is 5.22. The zero-order valence-electron chi connectivity index (χ0n) is 10.5. The van der Waals surface area contributed by atoms with Crippen LogP contribution in [0.1, 0.15) is 13.8 Å². The molecule has 2 aliphatic rings. The van der Waals surface area contributed by atoms with Crippen LogP contribution >= 0.6 is 0 Å². The minimum atomic E-state index is -5.72. The molecule has 0 radical (unpaired) electrons. The molecule has 2 heterocycles. The molecule has 2 bridgehead atoms.